The van der Waals surface area contributed by atoms with Crippen molar-refractivity contribution in [2.45, 2.75) is 33.2 Å². The lowest BCUT2D eigenvalue weighted by Gasteiger charge is -2.38. The topological polar surface area (TPSA) is 71.6 Å². The second-order valence-electron chi connectivity index (χ2n) is 6.75. The minimum absolute atomic E-state index is 0.0315. The maximum Gasteiger partial charge on any atom is 0.241 e. The third-order valence-corrected chi connectivity index (χ3v) is 4.49. The van der Waals surface area contributed by atoms with Gasteiger partial charge in [-0.2, -0.15) is 4.98 Å². The van der Waals surface area contributed by atoms with Crippen LogP contribution in [0.25, 0.3) is 11.4 Å². The molecule has 6 heteroatoms. The van der Waals surface area contributed by atoms with Crippen LogP contribution in [0.3, 0.4) is 0 Å². The molecule has 2 aromatic rings. The van der Waals surface area contributed by atoms with Gasteiger partial charge in [-0.15, -0.1) is 0 Å². The molecule has 6 nitrogen and oxygen atoms in total. The van der Waals surface area contributed by atoms with Gasteiger partial charge >= 0.3 is 0 Å². The minimum Gasteiger partial charge on any atom is -0.494 e. The van der Waals surface area contributed by atoms with Crippen molar-refractivity contribution in [2.75, 3.05) is 26.3 Å². The van der Waals surface area contributed by atoms with Crippen molar-refractivity contribution in [3.8, 4) is 17.1 Å². The zero-order valence-corrected chi connectivity index (χ0v) is 14.4. The Morgan fingerprint density at radius 3 is 2.83 bits per heavy atom. The summed E-state index contributed by atoms with van der Waals surface area (Å²) in [5.74, 6) is 2.04. The molecule has 0 saturated carbocycles. The van der Waals surface area contributed by atoms with E-state index in [9.17, 15) is 5.11 Å². The van der Waals surface area contributed by atoms with Crippen LogP contribution in [-0.2, 0) is 6.54 Å². The normalized spacial score (nSPS) is 21.8. The fourth-order valence-electron chi connectivity index (χ4n) is 3.19. The van der Waals surface area contributed by atoms with Gasteiger partial charge in [-0.1, -0.05) is 12.1 Å². The van der Waals surface area contributed by atoms with Gasteiger partial charge in [0.05, 0.1) is 13.2 Å². The number of benzene rings is 1. The number of hydrogen-bond donors (Lipinski definition) is 1. The van der Waals surface area contributed by atoms with Gasteiger partial charge in [-0.25, -0.2) is 0 Å². The van der Waals surface area contributed by atoms with Crippen molar-refractivity contribution in [3.05, 3.63) is 30.2 Å². The minimum atomic E-state index is -0.0315. The Kier molecular flexibility index (Phi) is 5.16. The standard InChI is InChI=1S/C18H25N3O3/c1-3-23-15-7-5-14(6-8-15)17-19-16(24-20-17)11-21-10-4-9-18(2,12-21)13-22/h5-8,22H,3-4,9-13H2,1-2H3. The molecular weight excluding hydrogens is 306 g/mol. The molecule has 1 N–H and O–H groups in total. The van der Waals surface area contributed by atoms with Crippen LogP contribution in [0.4, 0.5) is 0 Å². The van der Waals surface area contributed by atoms with E-state index in [0.29, 0.717) is 24.9 Å². The third-order valence-electron chi connectivity index (χ3n) is 4.49. The van der Waals surface area contributed by atoms with E-state index < -0.39 is 0 Å². The Bertz CT molecular complexity index is 656. The second kappa shape index (κ2) is 7.32. The summed E-state index contributed by atoms with van der Waals surface area (Å²) in [7, 11) is 0. The lowest BCUT2D eigenvalue weighted by atomic mass is 9.83. The van der Waals surface area contributed by atoms with Gasteiger partial charge in [0.1, 0.15) is 5.75 Å². The number of piperidine rings is 1. The molecule has 1 saturated heterocycles. The molecule has 0 aliphatic carbocycles. The molecule has 1 aliphatic heterocycles. The maximum absolute atomic E-state index is 9.56. The van der Waals surface area contributed by atoms with E-state index in [1.165, 1.54) is 0 Å². The van der Waals surface area contributed by atoms with Crippen LogP contribution in [0.5, 0.6) is 5.75 Å². The van der Waals surface area contributed by atoms with Crippen LogP contribution in [0.2, 0.25) is 0 Å². The SMILES string of the molecule is CCOc1ccc(-c2noc(CN3CCCC(C)(CO)C3)n2)cc1. The lowest BCUT2D eigenvalue weighted by Crippen LogP contribution is -2.43. The van der Waals surface area contributed by atoms with Gasteiger partial charge in [-0.05, 0) is 50.6 Å². The zero-order valence-electron chi connectivity index (χ0n) is 14.4. The molecule has 1 aromatic carbocycles. The summed E-state index contributed by atoms with van der Waals surface area (Å²) in [5.41, 5.74) is 0.878. The first-order valence-corrected chi connectivity index (χ1v) is 8.51. The highest BCUT2D eigenvalue weighted by molar-refractivity contribution is 5.55. The monoisotopic (exact) mass is 331 g/mol. The number of aliphatic hydroxyl groups excluding tert-OH is 1. The van der Waals surface area contributed by atoms with Crippen LogP contribution >= 0.6 is 0 Å². The van der Waals surface area contributed by atoms with Crippen molar-refractivity contribution >= 4 is 0 Å². The van der Waals surface area contributed by atoms with E-state index in [2.05, 4.69) is 22.0 Å². The van der Waals surface area contributed by atoms with Gasteiger partial charge in [-0.3, -0.25) is 4.90 Å². The Morgan fingerprint density at radius 1 is 1.33 bits per heavy atom. The molecule has 1 unspecified atom stereocenters. The molecule has 0 spiro atoms. The predicted molar refractivity (Wildman–Crippen MR) is 90.6 cm³/mol. The molecule has 1 aliphatic rings. The Hall–Kier alpha value is -1.92. The maximum atomic E-state index is 9.56. The first-order valence-electron chi connectivity index (χ1n) is 8.51. The molecule has 130 valence electrons. The number of rotatable bonds is 6. The molecule has 0 radical (unpaired) electrons. The number of hydrogen-bond acceptors (Lipinski definition) is 6. The highest BCUT2D eigenvalue weighted by atomic mass is 16.5. The average molecular weight is 331 g/mol. The number of aromatic nitrogens is 2. The van der Waals surface area contributed by atoms with Crippen molar-refractivity contribution in [2.24, 2.45) is 5.41 Å². The fraction of sp³-hybridized carbons (Fsp3) is 0.556. The summed E-state index contributed by atoms with van der Waals surface area (Å²) >= 11 is 0. The summed E-state index contributed by atoms with van der Waals surface area (Å²) in [6.45, 7) is 7.42. The number of likely N-dealkylation sites (tertiary alicyclic amines) is 1. The molecule has 0 bridgehead atoms. The highest BCUT2D eigenvalue weighted by Gasteiger charge is 2.31. The van der Waals surface area contributed by atoms with E-state index in [1.807, 2.05) is 31.2 Å². The van der Waals surface area contributed by atoms with E-state index in [4.69, 9.17) is 9.26 Å². The van der Waals surface area contributed by atoms with Crippen LogP contribution in [-0.4, -0.2) is 46.5 Å². The van der Waals surface area contributed by atoms with E-state index in [0.717, 1.165) is 37.2 Å². The summed E-state index contributed by atoms with van der Waals surface area (Å²) in [4.78, 5) is 6.77. The first kappa shape index (κ1) is 16.9. The summed E-state index contributed by atoms with van der Waals surface area (Å²) in [5, 5.41) is 13.6. The number of aliphatic hydroxyl groups is 1. The predicted octanol–water partition coefficient (Wildman–Crippen LogP) is 2.73. The number of nitrogens with zero attached hydrogens (tertiary/aromatic N) is 3. The van der Waals surface area contributed by atoms with Crippen LogP contribution in [0.1, 0.15) is 32.6 Å². The quantitative estimate of drug-likeness (QED) is 0.877. The fourth-order valence-corrected chi connectivity index (χ4v) is 3.19. The molecule has 1 atom stereocenters. The van der Waals surface area contributed by atoms with Gasteiger partial charge in [0.2, 0.25) is 11.7 Å². The lowest BCUT2D eigenvalue weighted by molar-refractivity contribution is 0.0382. The molecule has 24 heavy (non-hydrogen) atoms. The van der Waals surface area contributed by atoms with Gasteiger partial charge in [0.25, 0.3) is 0 Å². The van der Waals surface area contributed by atoms with E-state index >= 15 is 0 Å². The average Bonchev–Trinajstić information content (AvgIpc) is 3.04. The molecule has 3 rings (SSSR count). The van der Waals surface area contributed by atoms with Gasteiger partial charge in [0.15, 0.2) is 0 Å². The number of ether oxygens (including phenoxy) is 1. The largest absolute Gasteiger partial charge is 0.494 e. The van der Waals surface area contributed by atoms with Gasteiger partial charge in [0, 0.05) is 24.1 Å². The summed E-state index contributed by atoms with van der Waals surface area (Å²) < 4.78 is 10.8. The molecule has 2 heterocycles. The van der Waals surface area contributed by atoms with E-state index in [1.54, 1.807) is 0 Å². The van der Waals surface area contributed by atoms with E-state index in [-0.39, 0.29) is 12.0 Å². The molecule has 0 amide bonds. The Labute approximate surface area is 142 Å². The van der Waals surface area contributed by atoms with Gasteiger partial charge < -0.3 is 14.4 Å². The third kappa shape index (κ3) is 3.94. The second-order valence-corrected chi connectivity index (χ2v) is 6.75. The van der Waals surface area contributed by atoms with Crippen LogP contribution in [0.15, 0.2) is 28.8 Å². The van der Waals surface area contributed by atoms with Crippen molar-refractivity contribution in [1.82, 2.24) is 15.0 Å². The summed E-state index contributed by atoms with van der Waals surface area (Å²) in [6.07, 6.45) is 2.14. The Balaban J connectivity index is 1.65. The van der Waals surface area contributed by atoms with Crippen LogP contribution < -0.4 is 4.74 Å². The Morgan fingerprint density at radius 2 is 2.12 bits per heavy atom. The molecular formula is C18H25N3O3. The first-order chi connectivity index (χ1) is 11.6. The zero-order chi connectivity index (χ0) is 17.0. The van der Waals surface area contributed by atoms with Crippen LogP contribution in [0, 0.1) is 5.41 Å². The molecule has 1 aromatic heterocycles. The molecule has 1 fully saturated rings. The smallest absolute Gasteiger partial charge is 0.241 e. The van der Waals surface area contributed by atoms with Crippen molar-refractivity contribution < 1.29 is 14.4 Å². The summed E-state index contributed by atoms with van der Waals surface area (Å²) in [6, 6.07) is 7.69. The highest BCUT2D eigenvalue weighted by Crippen LogP contribution is 2.29. The van der Waals surface area contributed by atoms with Crippen molar-refractivity contribution in [1.29, 1.82) is 0 Å². The van der Waals surface area contributed by atoms with Crippen molar-refractivity contribution in [3.63, 3.8) is 0 Å².